The van der Waals surface area contributed by atoms with Gasteiger partial charge in [0.25, 0.3) is 0 Å². The van der Waals surface area contributed by atoms with Crippen molar-refractivity contribution < 1.29 is 8.42 Å². The maximum atomic E-state index is 12.2. The monoisotopic (exact) mass is 389 g/mol. The molecule has 2 rings (SSSR count). The molecular formula is C13H16BrN3O2S2. The first-order valence-electron chi connectivity index (χ1n) is 6.40. The number of nitrogens with zero attached hydrogens (tertiary/aromatic N) is 1. The highest BCUT2D eigenvalue weighted by Gasteiger charge is 2.24. The topological polar surface area (TPSA) is 85.1 Å². The van der Waals surface area contributed by atoms with Crippen LogP contribution in [0.3, 0.4) is 0 Å². The molecule has 0 aliphatic rings. The molecule has 0 bridgehead atoms. The van der Waals surface area contributed by atoms with E-state index in [1.807, 2.05) is 31.2 Å². The van der Waals surface area contributed by atoms with Crippen LogP contribution in [0, 0.1) is 0 Å². The van der Waals surface area contributed by atoms with Gasteiger partial charge in [0.2, 0.25) is 0 Å². The summed E-state index contributed by atoms with van der Waals surface area (Å²) in [5.74, 6) is 0.145. The molecule has 0 aliphatic heterocycles. The molecule has 8 heteroatoms. The number of sulfone groups is 1. The Morgan fingerprint density at radius 1 is 1.43 bits per heavy atom. The quantitative estimate of drug-likeness (QED) is 0.791. The van der Waals surface area contributed by atoms with Crippen LogP contribution in [0.4, 0.5) is 10.8 Å². The number of hydrogen-bond donors (Lipinski definition) is 2. The Balaban J connectivity index is 2.22. The Labute approximate surface area is 136 Å². The Morgan fingerprint density at radius 2 is 2.19 bits per heavy atom. The predicted octanol–water partition coefficient (Wildman–Crippen LogP) is 3.28. The number of aromatic nitrogens is 1. The Kier molecular flexibility index (Phi) is 5.23. The van der Waals surface area contributed by atoms with Crippen molar-refractivity contribution in [1.82, 2.24) is 4.37 Å². The summed E-state index contributed by atoms with van der Waals surface area (Å²) >= 11 is 4.48. The summed E-state index contributed by atoms with van der Waals surface area (Å²) < 4.78 is 29.4. The van der Waals surface area contributed by atoms with Gasteiger partial charge in [-0.25, -0.2) is 8.42 Å². The molecule has 21 heavy (non-hydrogen) atoms. The number of nitrogen functional groups attached to an aromatic ring is 1. The molecule has 0 aliphatic carbocycles. The summed E-state index contributed by atoms with van der Waals surface area (Å²) in [4.78, 5) is 0.129. The van der Waals surface area contributed by atoms with E-state index in [0.29, 0.717) is 18.0 Å². The number of hydrogen-bond acceptors (Lipinski definition) is 6. The van der Waals surface area contributed by atoms with Gasteiger partial charge >= 0.3 is 0 Å². The van der Waals surface area contributed by atoms with Crippen LogP contribution in [0.1, 0.15) is 18.9 Å². The second kappa shape index (κ2) is 6.76. The van der Waals surface area contributed by atoms with E-state index >= 15 is 0 Å². The third-order valence-electron chi connectivity index (χ3n) is 2.80. The highest BCUT2D eigenvalue weighted by molar-refractivity contribution is 9.10. The zero-order valence-electron chi connectivity index (χ0n) is 11.5. The Morgan fingerprint density at radius 3 is 2.86 bits per heavy atom. The molecule has 114 valence electrons. The largest absolute Gasteiger partial charge is 0.382 e. The third kappa shape index (κ3) is 3.96. The summed E-state index contributed by atoms with van der Waals surface area (Å²) in [6, 6.07) is 7.79. The van der Waals surface area contributed by atoms with E-state index in [9.17, 15) is 8.42 Å². The molecule has 0 spiro atoms. The van der Waals surface area contributed by atoms with Crippen molar-refractivity contribution in [2.24, 2.45) is 0 Å². The Bertz CT molecular complexity index is 729. The van der Waals surface area contributed by atoms with Crippen LogP contribution in [0.25, 0.3) is 0 Å². The zero-order chi connectivity index (χ0) is 15.5. The van der Waals surface area contributed by atoms with E-state index in [-0.39, 0.29) is 16.5 Å². The van der Waals surface area contributed by atoms with Gasteiger partial charge in [-0.2, -0.15) is 4.37 Å². The second-order valence-corrected chi connectivity index (χ2v) is 8.26. The van der Waals surface area contributed by atoms with Crippen LogP contribution in [0.2, 0.25) is 0 Å². The minimum Gasteiger partial charge on any atom is -0.382 e. The van der Waals surface area contributed by atoms with Gasteiger partial charge in [0.05, 0.1) is 5.75 Å². The molecule has 0 fully saturated rings. The van der Waals surface area contributed by atoms with Crippen molar-refractivity contribution >= 4 is 48.1 Å². The number of benzene rings is 1. The molecule has 1 heterocycles. The fourth-order valence-electron chi connectivity index (χ4n) is 1.91. The fourth-order valence-corrected chi connectivity index (χ4v) is 4.97. The van der Waals surface area contributed by atoms with Gasteiger partial charge in [-0.15, -0.1) is 0 Å². The Hall–Kier alpha value is -1.12. The lowest BCUT2D eigenvalue weighted by molar-refractivity contribution is 0.595. The van der Waals surface area contributed by atoms with Gasteiger partial charge in [0.15, 0.2) is 15.7 Å². The van der Waals surface area contributed by atoms with Crippen LogP contribution in [-0.4, -0.2) is 18.5 Å². The van der Waals surface area contributed by atoms with Gasteiger partial charge in [0.1, 0.15) is 9.90 Å². The predicted molar refractivity (Wildman–Crippen MR) is 90.3 cm³/mol. The van der Waals surface area contributed by atoms with Crippen molar-refractivity contribution in [2.45, 2.75) is 24.8 Å². The number of halogens is 1. The van der Waals surface area contributed by atoms with Crippen molar-refractivity contribution in [2.75, 3.05) is 16.8 Å². The minimum atomic E-state index is -3.39. The van der Waals surface area contributed by atoms with Crippen molar-refractivity contribution in [3.63, 3.8) is 0 Å². The van der Waals surface area contributed by atoms with Crippen LogP contribution >= 0.6 is 27.5 Å². The molecule has 0 saturated carbocycles. The normalized spacial score (nSPS) is 11.5. The summed E-state index contributed by atoms with van der Waals surface area (Å²) in [6.45, 7) is 2.33. The average molecular weight is 390 g/mol. The maximum Gasteiger partial charge on any atom is 0.185 e. The van der Waals surface area contributed by atoms with Gasteiger partial charge in [-0.05, 0) is 35.6 Å². The smallest absolute Gasteiger partial charge is 0.185 e. The number of nitrogens with two attached hydrogens (primary N) is 1. The molecule has 0 unspecified atom stereocenters. The summed E-state index contributed by atoms with van der Waals surface area (Å²) in [7, 11) is -3.39. The van der Waals surface area contributed by atoms with E-state index in [4.69, 9.17) is 5.73 Å². The lowest BCUT2D eigenvalue weighted by atomic mass is 10.2. The molecule has 1 aromatic carbocycles. The first-order chi connectivity index (χ1) is 9.94. The molecule has 5 nitrogen and oxygen atoms in total. The van der Waals surface area contributed by atoms with E-state index in [1.165, 1.54) is 0 Å². The minimum absolute atomic E-state index is 0.0706. The standard InChI is InChI=1S/C13H16BrN3O2S2/c1-2-6-21(18,19)11-12(15)17-20-13(11)16-8-9-4-3-5-10(14)7-9/h3-5,7,16H,2,6,8H2,1H3,(H2,15,17). The first kappa shape index (κ1) is 16.3. The third-order valence-corrected chi connectivity index (χ3v) is 6.22. The fraction of sp³-hybridized carbons (Fsp3) is 0.308. The van der Waals surface area contributed by atoms with Crippen molar-refractivity contribution in [3.8, 4) is 0 Å². The van der Waals surface area contributed by atoms with Gasteiger partial charge in [0, 0.05) is 11.0 Å². The molecule has 0 amide bonds. The SMILES string of the molecule is CCCS(=O)(=O)c1c(N)nsc1NCc1cccc(Br)c1. The van der Waals surface area contributed by atoms with Crippen LogP contribution in [-0.2, 0) is 16.4 Å². The number of nitrogens with one attached hydrogen (secondary N) is 1. The highest BCUT2D eigenvalue weighted by atomic mass is 79.9. The zero-order valence-corrected chi connectivity index (χ0v) is 14.7. The summed E-state index contributed by atoms with van der Waals surface area (Å²) in [5.41, 5.74) is 6.76. The average Bonchev–Trinajstić information content (AvgIpc) is 2.78. The van der Waals surface area contributed by atoms with Gasteiger partial charge in [-0.3, -0.25) is 0 Å². The molecule has 1 aromatic heterocycles. The lowest BCUT2D eigenvalue weighted by Crippen LogP contribution is -2.10. The van der Waals surface area contributed by atoms with Crippen LogP contribution in [0.15, 0.2) is 33.6 Å². The van der Waals surface area contributed by atoms with Crippen molar-refractivity contribution in [1.29, 1.82) is 0 Å². The number of rotatable bonds is 6. The second-order valence-electron chi connectivity index (χ2n) is 4.53. The van der Waals surface area contributed by atoms with Crippen LogP contribution in [0.5, 0.6) is 0 Å². The first-order valence-corrected chi connectivity index (χ1v) is 9.62. The molecule has 2 aromatic rings. The van der Waals surface area contributed by atoms with E-state index in [1.54, 1.807) is 0 Å². The van der Waals surface area contributed by atoms with Crippen LogP contribution < -0.4 is 11.1 Å². The van der Waals surface area contributed by atoms with E-state index in [0.717, 1.165) is 21.6 Å². The number of anilines is 2. The lowest BCUT2D eigenvalue weighted by Gasteiger charge is -2.08. The molecule has 3 N–H and O–H groups in total. The van der Waals surface area contributed by atoms with E-state index in [2.05, 4.69) is 25.6 Å². The molecule has 0 radical (unpaired) electrons. The van der Waals surface area contributed by atoms with Crippen molar-refractivity contribution in [3.05, 3.63) is 34.3 Å². The van der Waals surface area contributed by atoms with Gasteiger partial charge < -0.3 is 11.1 Å². The van der Waals surface area contributed by atoms with E-state index < -0.39 is 9.84 Å². The summed E-state index contributed by atoms with van der Waals surface area (Å²) in [6.07, 6.45) is 0.544. The summed E-state index contributed by atoms with van der Waals surface area (Å²) in [5, 5.41) is 3.62. The molecule has 0 saturated heterocycles. The molecular weight excluding hydrogens is 374 g/mol. The van der Waals surface area contributed by atoms with Gasteiger partial charge in [-0.1, -0.05) is 35.0 Å². The highest BCUT2D eigenvalue weighted by Crippen LogP contribution is 2.33. The molecule has 0 atom stereocenters. The maximum absolute atomic E-state index is 12.2.